The molecule has 0 saturated carbocycles. The molecule has 0 fully saturated rings. The van der Waals surface area contributed by atoms with Crippen LogP contribution in [0, 0.1) is 5.82 Å². The van der Waals surface area contributed by atoms with E-state index in [2.05, 4.69) is 5.32 Å². The first kappa shape index (κ1) is 7.13. The van der Waals surface area contributed by atoms with E-state index in [1.165, 1.54) is 18.2 Å². The lowest BCUT2D eigenvalue weighted by Crippen LogP contribution is -2.09. The number of benzene rings is 1. The van der Waals surface area contributed by atoms with Crippen molar-refractivity contribution >= 4 is 19.0 Å². The highest BCUT2D eigenvalue weighted by Gasteiger charge is 1.94. The van der Waals surface area contributed by atoms with Gasteiger partial charge in [-0.3, -0.25) is 0 Å². The SMILES string of the molecule is [B]c1ccc(F)cc1NC. The van der Waals surface area contributed by atoms with Crippen molar-refractivity contribution in [2.75, 3.05) is 12.4 Å². The third kappa shape index (κ3) is 1.29. The quantitative estimate of drug-likeness (QED) is 0.557. The van der Waals surface area contributed by atoms with E-state index >= 15 is 0 Å². The van der Waals surface area contributed by atoms with Gasteiger partial charge in [-0.15, -0.1) is 0 Å². The van der Waals surface area contributed by atoms with E-state index in [-0.39, 0.29) is 5.82 Å². The van der Waals surface area contributed by atoms with E-state index in [9.17, 15) is 4.39 Å². The minimum atomic E-state index is -0.279. The van der Waals surface area contributed by atoms with Crippen molar-refractivity contribution in [2.45, 2.75) is 0 Å². The van der Waals surface area contributed by atoms with Crippen LogP contribution in [0.2, 0.25) is 0 Å². The standard InChI is InChI=1S/C7H7BFN/c1-10-7-4-5(9)2-3-6(7)8/h2-4,10H,1H3. The molecule has 0 heterocycles. The molecule has 3 heteroatoms. The summed E-state index contributed by atoms with van der Waals surface area (Å²) in [6.45, 7) is 0. The van der Waals surface area contributed by atoms with E-state index in [0.717, 1.165) is 0 Å². The van der Waals surface area contributed by atoms with Crippen molar-refractivity contribution in [3.63, 3.8) is 0 Å². The summed E-state index contributed by atoms with van der Waals surface area (Å²) >= 11 is 0. The number of nitrogens with one attached hydrogen (secondary N) is 1. The van der Waals surface area contributed by atoms with Crippen molar-refractivity contribution in [3.05, 3.63) is 24.0 Å². The van der Waals surface area contributed by atoms with Gasteiger partial charge in [0.15, 0.2) is 0 Å². The highest BCUT2D eigenvalue weighted by molar-refractivity contribution is 6.35. The van der Waals surface area contributed by atoms with Crippen LogP contribution in [0.1, 0.15) is 0 Å². The Kier molecular flexibility index (Phi) is 1.95. The molecule has 1 rings (SSSR count). The summed E-state index contributed by atoms with van der Waals surface area (Å²) in [6.07, 6.45) is 0. The Morgan fingerprint density at radius 3 is 2.70 bits per heavy atom. The third-order valence-corrected chi connectivity index (χ3v) is 1.28. The van der Waals surface area contributed by atoms with Crippen LogP contribution in [0.5, 0.6) is 0 Å². The van der Waals surface area contributed by atoms with Gasteiger partial charge in [-0.25, -0.2) is 4.39 Å². The average Bonchev–Trinajstić information content (AvgIpc) is 1.94. The summed E-state index contributed by atoms with van der Waals surface area (Å²) in [6, 6.07) is 4.21. The summed E-state index contributed by atoms with van der Waals surface area (Å²) < 4.78 is 12.4. The Hall–Kier alpha value is -0.985. The molecule has 0 aliphatic heterocycles. The lowest BCUT2D eigenvalue weighted by atomic mass is 9.94. The molecule has 0 atom stereocenters. The molecule has 1 nitrogen and oxygen atoms in total. The second-order valence-corrected chi connectivity index (χ2v) is 1.98. The van der Waals surface area contributed by atoms with Gasteiger partial charge < -0.3 is 5.32 Å². The zero-order valence-corrected chi connectivity index (χ0v) is 5.69. The molecule has 0 spiro atoms. The van der Waals surface area contributed by atoms with Crippen LogP contribution in [0.3, 0.4) is 0 Å². The van der Waals surface area contributed by atoms with Gasteiger partial charge in [-0.2, -0.15) is 0 Å². The topological polar surface area (TPSA) is 12.0 Å². The van der Waals surface area contributed by atoms with Crippen LogP contribution in [-0.2, 0) is 0 Å². The predicted molar refractivity (Wildman–Crippen MR) is 41.3 cm³/mol. The maximum absolute atomic E-state index is 12.4. The molecule has 0 amide bonds. The minimum Gasteiger partial charge on any atom is -0.389 e. The van der Waals surface area contributed by atoms with Gasteiger partial charge in [-0.1, -0.05) is 11.5 Å². The number of anilines is 1. The molecule has 0 aromatic heterocycles. The lowest BCUT2D eigenvalue weighted by Gasteiger charge is -2.03. The number of hydrogen-bond acceptors (Lipinski definition) is 1. The normalized spacial score (nSPS) is 9.40. The minimum absolute atomic E-state index is 0.279. The second kappa shape index (κ2) is 2.73. The second-order valence-electron chi connectivity index (χ2n) is 1.98. The first-order valence-electron chi connectivity index (χ1n) is 2.97. The smallest absolute Gasteiger partial charge is 0.125 e. The zero-order chi connectivity index (χ0) is 7.56. The molecule has 0 bridgehead atoms. The van der Waals surface area contributed by atoms with E-state index in [0.29, 0.717) is 11.2 Å². The van der Waals surface area contributed by atoms with Crippen LogP contribution >= 0.6 is 0 Å². The molecule has 50 valence electrons. The third-order valence-electron chi connectivity index (χ3n) is 1.28. The van der Waals surface area contributed by atoms with Gasteiger partial charge >= 0.3 is 0 Å². The molecule has 10 heavy (non-hydrogen) atoms. The zero-order valence-electron chi connectivity index (χ0n) is 5.69. The summed E-state index contributed by atoms with van der Waals surface area (Å²) in [7, 11) is 7.17. The Morgan fingerprint density at radius 1 is 1.50 bits per heavy atom. The Morgan fingerprint density at radius 2 is 2.20 bits per heavy atom. The van der Waals surface area contributed by atoms with Gasteiger partial charge in [0, 0.05) is 12.7 Å². The fraction of sp³-hybridized carbons (Fsp3) is 0.143. The van der Waals surface area contributed by atoms with Crippen LogP contribution in [0.15, 0.2) is 18.2 Å². The Labute approximate surface area is 60.7 Å². The van der Waals surface area contributed by atoms with E-state index < -0.39 is 0 Å². The number of halogens is 1. The van der Waals surface area contributed by atoms with Crippen LogP contribution in [-0.4, -0.2) is 14.9 Å². The van der Waals surface area contributed by atoms with Gasteiger partial charge in [0.1, 0.15) is 13.7 Å². The maximum Gasteiger partial charge on any atom is 0.125 e. The highest BCUT2D eigenvalue weighted by Crippen LogP contribution is 2.03. The van der Waals surface area contributed by atoms with Crippen LogP contribution in [0.4, 0.5) is 10.1 Å². The molecule has 1 N–H and O–H groups in total. The first-order valence-corrected chi connectivity index (χ1v) is 2.97. The molecule has 0 aliphatic rings. The number of hydrogen-bond donors (Lipinski definition) is 1. The van der Waals surface area contributed by atoms with Crippen molar-refractivity contribution in [1.29, 1.82) is 0 Å². The van der Waals surface area contributed by atoms with Gasteiger partial charge in [-0.05, 0) is 12.1 Å². The van der Waals surface area contributed by atoms with Crippen molar-refractivity contribution in [1.82, 2.24) is 0 Å². The molecular weight excluding hydrogens is 128 g/mol. The largest absolute Gasteiger partial charge is 0.389 e. The molecular formula is C7H7BFN. The number of rotatable bonds is 1. The van der Waals surface area contributed by atoms with Gasteiger partial charge in [0.25, 0.3) is 0 Å². The van der Waals surface area contributed by atoms with Crippen LogP contribution in [0.25, 0.3) is 0 Å². The van der Waals surface area contributed by atoms with Crippen molar-refractivity contribution < 1.29 is 4.39 Å². The predicted octanol–water partition coefficient (Wildman–Crippen LogP) is 0.661. The van der Waals surface area contributed by atoms with E-state index in [4.69, 9.17) is 7.85 Å². The summed E-state index contributed by atoms with van der Waals surface area (Å²) in [5, 5.41) is 2.77. The lowest BCUT2D eigenvalue weighted by molar-refractivity contribution is 0.629. The van der Waals surface area contributed by atoms with Gasteiger partial charge in [0.05, 0.1) is 0 Å². The monoisotopic (exact) mass is 135 g/mol. The van der Waals surface area contributed by atoms with Crippen molar-refractivity contribution in [2.24, 2.45) is 0 Å². The first-order chi connectivity index (χ1) is 4.74. The Bertz CT molecular complexity index is 237. The van der Waals surface area contributed by atoms with Gasteiger partial charge in [0.2, 0.25) is 0 Å². The van der Waals surface area contributed by atoms with Crippen molar-refractivity contribution in [3.8, 4) is 0 Å². The summed E-state index contributed by atoms with van der Waals surface area (Å²) in [5.41, 5.74) is 1.18. The molecule has 0 unspecified atom stereocenters. The van der Waals surface area contributed by atoms with E-state index in [1.807, 2.05) is 0 Å². The Balaban J connectivity index is 3.09. The molecule has 2 radical (unpaired) electrons. The highest BCUT2D eigenvalue weighted by atomic mass is 19.1. The van der Waals surface area contributed by atoms with Crippen LogP contribution < -0.4 is 10.8 Å². The molecule has 0 saturated heterocycles. The summed E-state index contributed by atoms with van der Waals surface area (Å²) in [4.78, 5) is 0. The maximum atomic E-state index is 12.4. The van der Waals surface area contributed by atoms with E-state index in [1.54, 1.807) is 7.05 Å². The fourth-order valence-electron chi connectivity index (χ4n) is 0.745. The molecule has 0 aliphatic carbocycles. The average molecular weight is 135 g/mol. The summed E-state index contributed by atoms with van der Waals surface area (Å²) in [5.74, 6) is -0.279. The molecule has 1 aromatic carbocycles. The molecule has 1 aromatic rings. The fourth-order valence-corrected chi connectivity index (χ4v) is 0.745.